The standard InChI is InChI=1S/C16H24N4O2/c21-16(14-7-15(22-19-14)12-1-2-12)18-13-4-6-20(10-13)9-11-3-5-17-8-11/h7,11-13,17H,1-6,8-10H2,(H,18,21). The molecule has 3 fully saturated rings. The van der Waals surface area contributed by atoms with Gasteiger partial charge in [-0.1, -0.05) is 5.16 Å². The van der Waals surface area contributed by atoms with Crippen LogP contribution in [-0.4, -0.2) is 54.7 Å². The third kappa shape index (κ3) is 3.17. The Bertz CT molecular complexity index is 534. The predicted molar refractivity (Wildman–Crippen MR) is 81.8 cm³/mol. The van der Waals surface area contributed by atoms with Gasteiger partial charge in [-0.05, 0) is 44.7 Å². The zero-order valence-electron chi connectivity index (χ0n) is 12.9. The Kier molecular flexibility index (Phi) is 3.88. The van der Waals surface area contributed by atoms with E-state index in [2.05, 4.69) is 20.7 Å². The molecule has 6 heteroatoms. The van der Waals surface area contributed by atoms with Crippen LogP contribution in [0.25, 0.3) is 0 Å². The molecule has 1 aromatic heterocycles. The van der Waals surface area contributed by atoms with Crippen molar-refractivity contribution in [2.45, 2.75) is 37.6 Å². The molecule has 0 radical (unpaired) electrons. The molecular formula is C16H24N4O2. The molecule has 2 N–H and O–H groups in total. The van der Waals surface area contributed by atoms with Crippen molar-refractivity contribution in [3.05, 3.63) is 17.5 Å². The van der Waals surface area contributed by atoms with E-state index < -0.39 is 0 Å². The summed E-state index contributed by atoms with van der Waals surface area (Å²) in [5.74, 6) is 2.04. The fourth-order valence-corrected chi connectivity index (χ4v) is 3.57. The van der Waals surface area contributed by atoms with Crippen LogP contribution in [0.2, 0.25) is 0 Å². The molecule has 2 saturated heterocycles. The van der Waals surface area contributed by atoms with Crippen LogP contribution in [0.4, 0.5) is 0 Å². The number of carbonyl (C=O) groups is 1. The SMILES string of the molecule is O=C(NC1CCN(CC2CCNC2)C1)c1cc(C2CC2)on1. The summed E-state index contributed by atoms with van der Waals surface area (Å²) < 4.78 is 5.26. The Labute approximate surface area is 130 Å². The molecule has 3 aliphatic rings. The summed E-state index contributed by atoms with van der Waals surface area (Å²) >= 11 is 0. The normalized spacial score (nSPS) is 29.1. The molecule has 0 spiro atoms. The van der Waals surface area contributed by atoms with E-state index >= 15 is 0 Å². The molecule has 0 bridgehead atoms. The average Bonchev–Trinajstić information content (AvgIpc) is 2.96. The third-order valence-corrected chi connectivity index (χ3v) is 5.03. The molecule has 2 aliphatic heterocycles. The number of hydrogen-bond donors (Lipinski definition) is 2. The van der Waals surface area contributed by atoms with Crippen LogP contribution in [0, 0.1) is 5.92 Å². The molecule has 1 saturated carbocycles. The Morgan fingerprint density at radius 2 is 2.32 bits per heavy atom. The zero-order chi connectivity index (χ0) is 14.9. The highest BCUT2D eigenvalue weighted by Crippen LogP contribution is 2.40. The molecule has 4 rings (SSSR count). The zero-order valence-corrected chi connectivity index (χ0v) is 12.9. The first kappa shape index (κ1) is 14.2. The maximum Gasteiger partial charge on any atom is 0.273 e. The number of nitrogens with one attached hydrogen (secondary N) is 2. The third-order valence-electron chi connectivity index (χ3n) is 5.03. The molecule has 22 heavy (non-hydrogen) atoms. The molecular weight excluding hydrogens is 280 g/mol. The van der Waals surface area contributed by atoms with Crippen LogP contribution < -0.4 is 10.6 Å². The van der Waals surface area contributed by atoms with Crippen LogP contribution in [0.3, 0.4) is 0 Å². The highest BCUT2D eigenvalue weighted by atomic mass is 16.5. The van der Waals surface area contributed by atoms with Crippen molar-refractivity contribution >= 4 is 5.91 Å². The lowest BCUT2D eigenvalue weighted by molar-refractivity contribution is 0.0928. The van der Waals surface area contributed by atoms with Crippen molar-refractivity contribution in [2.75, 3.05) is 32.7 Å². The second kappa shape index (κ2) is 6.01. The molecule has 0 aromatic carbocycles. The lowest BCUT2D eigenvalue weighted by atomic mass is 10.1. The summed E-state index contributed by atoms with van der Waals surface area (Å²) in [5.41, 5.74) is 0.431. The fraction of sp³-hybridized carbons (Fsp3) is 0.750. The summed E-state index contributed by atoms with van der Waals surface area (Å²) in [6.07, 6.45) is 4.61. The van der Waals surface area contributed by atoms with Gasteiger partial charge in [0.15, 0.2) is 5.69 Å². The molecule has 6 nitrogen and oxygen atoms in total. The molecule has 120 valence electrons. The van der Waals surface area contributed by atoms with Crippen molar-refractivity contribution in [3.63, 3.8) is 0 Å². The van der Waals surface area contributed by atoms with E-state index in [1.54, 1.807) is 0 Å². The maximum absolute atomic E-state index is 12.2. The first-order valence-electron chi connectivity index (χ1n) is 8.48. The van der Waals surface area contributed by atoms with Gasteiger partial charge in [0.2, 0.25) is 0 Å². The van der Waals surface area contributed by atoms with E-state index in [-0.39, 0.29) is 11.9 Å². The van der Waals surface area contributed by atoms with Crippen molar-refractivity contribution in [1.29, 1.82) is 0 Å². The fourth-order valence-electron chi connectivity index (χ4n) is 3.57. The van der Waals surface area contributed by atoms with Gasteiger partial charge in [-0.25, -0.2) is 0 Å². The minimum absolute atomic E-state index is 0.0926. The van der Waals surface area contributed by atoms with Crippen molar-refractivity contribution in [3.8, 4) is 0 Å². The summed E-state index contributed by atoms with van der Waals surface area (Å²) in [6, 6.07) is 2.05. The molecule has 1 aromatic rings. The van der Waals surface area contributed by atoms with E-state index in [4.69, 9.17) is 4.52 Å². The van der Waals surface area contributed by atoms with Crippen LogP contribution in [0.1, 0.15) is 47.8 Å². The number of amides is 1. The van der Waals surface area contributed by atoms with Gasteiger partial charge in [0.05, 0.1) is 0 Å². The number of hydrogen-bond acceptors (Lipinski definition) is 5. The number of carbonyl (C=O) groups excluding carboxylic acids is 1. The lowest BCUT2D eigenvalue weighted by Gasteiger charge is -2.19. The van der Waals surface area contributed by atoms with Gasteiger partial charge in [0, 0.05) is 37.7 Å². The van der Waals surface area contributed by atoms with Gasteiger partial charge in [-0.15, -0.1) is 0 Å². The van der Waals surface area contributed by atoms with E-state index in [0.29, 0.717) is 11.6 Å². The second-order valence-electron chi connectivity index (χ2n) is 6.97. The highest BCUT2D eigenvalue weighted by molar-refractivity contribution is 5.92. The lowest BCUT2D eigenvalue weighted by Crippen LogP contribution is -2.38. The Morgan fingerprint density at radius 3 is 3.09 bits per heavy atom. The van der Waals surface area contributed by atoms with Crippen molar-refractivity contribution in [1.82, 2.24) is 20.7 Å². The number of nitrogens with zero attached hydrogens (tertiary/aromatic N) is 2. The Hall–Kier alpha value is -1.40. The van der Waals surface area contributed by atoms with Gasteiger partial charge in [-0.3, -0.25) is 4.79 Å². The quantitative estimate of drug-likeness (QED) is 0.848. The Balaban J connectivity index is 1.26. The topological polar surface area (TPSA) is 70.4 Å². The van der Waals surface area contributed by atoms with Gasteiger partial charge in [-0.2, -0.15) is 0 Å². The number of aromatic nitrogens is 1. The van der Waals surface area contributed by atoms with Crippen molar-refractivity contribution in [2.24, 2.45) is 5.92 Å². The highest BCUT2D eigenvalue weighted by Gasteiger charge is 2.30. The summed E-state index contributed by atoms with van der Waals surface area (Å²) in [6.45, 7) is 5.46. The summed E-state index contributed by atoms with van der Waals surface area (Å²) in [5, 5.41) is 10.4. The summed E-state index contributed by atoms with van der Waals surface area (Å²) in [4.78, 5) is 14.7. The van der Waals surface area contributed by atoms with Crippen LogP contribution in [0.15, 0.2) is 10.6 Å². The van der Waals surface area contributed by atoms with Crippen molar-refractivity contribution < 1.29 is 9.32 Å². The molecule has 1 aliphatic carbocycles. The van der Waals surface area contributed by atoms with Gasteiger partial charge >= 0.3 is 0 Å². The second-order valence-corrected chi connectivity index (χ2v) is 6.97. The van der Waals surface area contributed by atoms with Crippen LogP contribution >= 0.6 is 0 Å². The van der Waals surface area contributed by atoms with Gasteiger partial charge < -0.3 is 20.1 Å². The summed E-state index contributed by atoms with van der Waals surface area (Å²) in [7, 11) is 0. The minimum Gasteiger partial charge on any atom is -0.360 e. The van der Waals surface area contributed by atoms with Crippen LogP contribution in [0.5, 0.6) is 0 Å². The van der Waals surface area contributed by atoms with Gasteiger partial charge in [0.25, 0.3) is 5.91 Å². The largest absolute Gasteiger partial charge is 0.360 e. The van der Waals surface area contributed by atoms with E-state index in [1.807, 2.05) is 6.07 Å². The van der Waals surface area contributed by atoms with E-state index in [0.717, 1.165) is 63.7 Å². The number of rotatable bonds is 5. The minimum atomic E-state index is -0.0926. The van der Waals surface area contributed by atoms with E-state index in [1.165, 1.54) is 6.42 Å². The van der Waals surface area contributed by atoms with Crippen LogP contribution in [-0.2, 0) is 0 Å². The molecule has 2 atom stereocenters. The first-order chi connectivity index (χ1) is 10.8. The van der Waals surface area contributed by atoms with Gasteiger partial charge in [0.1, 0.15) is 5.76 Å². The maximum atomic E-state index is 12.2. The molecule has 1 amide bonds. The Morgan fingerprint density at radius 1 is 1.41 bits per heavy atom. The monoisotopic (exact) mass is 304 g/mol. The number of likely N-dealkylation sites (tertiary alicyclic amines) is 1. The smallest absolute Gasteiger partial charge is 0.273 e. The average molecular weight is 304 g/mol. The predicted octanol–water partition coefficient (Wildman–Crippen LogP) is 0.966. The molecule has 2 unspecified atom stereocenters. The molecule has 3 heterocycles. The van der Waals surface area contributed by atoms with E-state index in [9.17, 15) is 4.79 Å². The first-order valence-corrected chi connectivity index (χ1v) is 8.48.